The quantitative estimate of drug-likeness (QED) is 0.162. The zero-order chi connectivity index (χ0) is 28.3. The van der Waals surface area contributed by atoms with E-state index < -0.39 is 23.3 Å². The van der Waals surface area contributed by atoms with Gasteiger partial charge in [-0.1, -0.05) is 80.2 Å². The number of hydrogen-bond donors (Lipinski definition) is 2. The van der Waals surface area contributed by atoms with Gasteiger partial charge in [0.05, 0.1) is 0 Å². The van der Waals surface area contributed by atoms with E-state index in [-0.39, 0.29) is 0 Å². The van der Waals surface area contributed by atoms with Crippen molar-refractivity contribution in [1.82, 2.24) is 5.32 Å². The highest BCUT2D eigenvalue weighted by atomic mass is 28.4. The van der Waals surface area contributed by atoms with Gasteiger partial charge in [-0.2, -0.15) is 0 Å². The van der Waals surface area contributed by atoms with E-state index in [4.69, 9.17) is 32.3 Å². The molecule has 0 aromatic heterocycles. The number of nitrogens with one attached hydrogen (secondary N) is 1. The summed E-state index contributed by atoms with van der Waals surface area (Å²) in [5.74, 6) is 0. The van der Waals surface area contributed by atoms with Crippen molar-refractivity contribution >= 4 is 23.7 Å². The van der Waals surface area contributed by atoms with E-state index in [1.54, 1.807) is 41.7 Å². The Kier molecular flexibility index (Phi) is 16.2. The molecular weight excluding hydrogens is 516 g/mol. The third kappa shape index (κ3) is 11.7. The summed E-state index contributed by atoms with van der Waals surface area (Å²) in [7, 11) is 2.66. The molecule has 0 saturated carbocycles. The average molecular weight is 563 g/mol. The molecule has 2 aromatic carbocycles. The molecule has 0 aliphatic heterocycles. The largest absolute Gasteiger partial charge is 0.528 e. The maximum atomic E-state index is 6.52. The lowest BCUT2D eigenvalue weighted by Crippen LogP contribution is -2.57. The zero-order valence-electron chi connectivity index (χ0n) is 23.8. The maximum absolute atomic E-state index is 6.52. The summed E-state index contributed by atoms with van der Waals surface area (Å²) in [6, 6.07) is 20.8. The Bertz CT molecular complexity index is 904. The topological polar surface area (TPSA) is 93.4 Å². The molecule has 2 rings (SSSR count). The van der Waals surface area contributed by atoms with E-state index in [0.717, 1.165) is 24.1 Å². The number of benzene rings is 2. The molecule has 0 radical (unpaired) electrons. The highest BCUT2D eigenvalue weighted by Gasteiger charge is 2.45. The van der Waals surface area contributed by atoms with E-state index >= 15 is 0 Å². The Labute approximate surface area is 231 Å². The van der Waals surface area contributed by atoms with Crippen LogP contribution in [0, 0.1) is 0 Å². The van der Waals surface area contributed by atoms with Crippen LogP contribution in [0.15, 0.2) is 79.1 Å². The number of nitrogens with two attached hydrogens (primary N) is 1. The van der Waals surface area contributed by atoms with E-state index in [1.807, 2.05) is 67.2 Å². The molecule has 1 unspecified atom stereocenters. The van der Waals surface area contributed by atoms with Gasteiger partial charge in [0, 0.05) is 54.6 Å². The predicted molar refractivity (Wildman–Crippen MR) is 158 cm³/mol. The van der Waals surface area contributed by atoms with Crippen molar-refractivity contribution in [2.75, 3.05) is 42.1 Å². The van der Waals surface area contributed by atoms with Crippen LogP contribution < -0.4 is 11.1 Å². The van der Waals surface area contributed by atoms with Gasteiger partial charge in [-0.15, -0.1) is 0 Å². The van der Waals surface area contributed by atoms with Crippen LogP contribution in [0.5, 0.6) is 0 Å². The molecule has 0 spiro atoms. The van der Waals surface area contributed by atoms with Crippen molar-refractivity contribution in [2.24, 2.45) is 5.73 Å². The Morgan fingerprint density at radius 1 is 0.868 bits per heavy atom. The van der Waals surface area contributed by atoms with Crippen molar-refractivity contribution in [3.05, 3.63) is 90.3 Å². The summed E-state index contributed by atoms with van der Waals surface area (Å²) < 4.78 is 33.4. The first kappa shape index (κ1) is 33.9. The molecule has 0 aliphatic carbocycles. The Balaban J connectivity index is 0.000000415. The van der Waals surface area contributed by atoms with Gasteiger partial charge in [0.15, 0.2) is 0 Å². The molecule has 2 aromatic rings. The molecule has 0 fully saturated rings. The van der Waals surface area contributed by atoms with E-state index in [0.29, 0.717) is 18.9 Å². The number of rotatable bonds is 17. The van der Waals surface area contributed by atoms with E-state index in [9.17, 15) is 0 Å². The lowest BCUT2D eigenvalue weighted by Gasteiger charge is -2.37. The van der Waals surface area contributed by atoms with Gasteiger partial charge in [0.1, 0.15) is 5.72 Å². The fourth-order valence-corrected chi connectivity index (χ4v) is 7.23. The first-order chi connectivity index (χ1) is 18.3. The minimum Gasteiger partial charge on any atom is -0.391 e. The van der Waals surface area contributed by atoms with Crippen LogP contribution in [-0.4, -0.2) is 65.4 Å². The molecule has 8 nitrogen and oxygen atoms in total. The van der Waals surface area contributed by atoms with Crippen molar-refractivity contribution in [3.63, 3.8) is 0 Å². The Morgan fingerprint density at radius 2 is 1.42 bits per heavy atom. The van der Waals surface area contributed by atoms with Gasteiger partial charge >= 0.3 is 17.6 Å². The third-order valence-electron chi connectivity index (χ3n) is 6.01. The second-order valence-corrected chi connectivity index (χ2v) is 14.1. The fourth-order valence-electron chi connectivity index (χ4n) is 3.63. The lowest BCUT2D eigenvalue weighted by molar-refractivity contribution is -0.0167. The van der Waals surface area contributed by atoms with Gasteiger partial charge in [0.2, 0.25) is 0 Å². The van der Waals surface area contributed by atoms with Crippen molar-refractivity contribution in [2.45, 2.75) is 38.0 Å². The van der Waals surface area contributed by atoms with E-state index in [2.05, 4.69) is 24.0 Å². The monoisotopic (exact) mass is 562 g/mol. The standard InChI is InChI=1S/C17H30N2O3Si.C11H16O3Si/c1-5-17(18,15-16-11-8-7-9-12-16)22-23(20-3,21-4)14-10-13-19-6-2;1-12-15(13-2,14-3)10-9-11-7-5-4-6-8-11/h6-9,11-12,19H,2,5,10,13-15,18H2,1,3-4H3;4-10H,1-3H3. The molecule has 10 heteroatoms. The molecule has 0 aliphatic rings. The minimum atomic E-state index is -2.80. The van der Waals surface area contributed by atoms with Gasteiger partial charge in [-0.25, -0.2) is 0 Å². The van der Waals surface area contributed by atoms with E-state index in [1.165, 1.54) is 0 Å². The minimum absolute atomic E-state index is 0.622. The van der Waals surface area contributed by atoms with Crippen LogP contribution >= 0.6 is 0 Å². The normalized spacial score (nSPS) is 13.4. The summed E-state index contributed by atoms with van der Waals surface area (Å²) in [4.78, 5) is 0. The van der Waals surface area contributed by atoms with Crippen LogP contribution in [0.4, 0.5) is 0 Å². The maximum Gasteiger partial charge on any atom is 0.528 e. The average Bonchev–Trinajstić information content (AvgIpc) is 2.97. The lowest BCUT2D eigenvalue weighted by atomic mass is 10.0. The molecular formula is C28H46N2O6Si2. The molecule has 1 atom stereocenters. The SMILES string of the molecule is C=CNCCC[Si](OC)(OC)OC(N)(CC)Cc1ccccc1.CO[Si](C=Cc1ccccc1)(OC)OC. The molecule has 3 N–H and O–H groups in total. The van der Waals surface area contributed by atoms with Crippen LogP contribution in [0.3, 0.4) is 0 Å². The molecule has 38 heavy (non-hydrogen) atoms. The summed E-state index contributed by atoms with van der Waals surface area (Å²) in [6.45, 7) is 6.46. The van der Waals surface area contributed by atoms with Crippen molar-refractivity contribution in [1.29, 1.82) is 0 Å². The van der Waals surface area contributed by atoms with Gasteiger partial charge < -0.3 is 37.6 Å². The van der Waals surface area contributed by atoms with Crippen LogP contribution in [-0.2, 0) is 33.0 Å². The smallest absolute Gasteiger partial charge is 0.391 e. The molecule has 0 heterocycles. The van der Waals surface area contributed by atoms with Gasteiger partial charge in [-0.05, 0) is 35.9 Å². The van der Waals surface area contributed by atoms with Crippen LogP contribution in [0.1, 0.15) is 30.9 Å². The third-order valence-corrected chi connectivity index (χ3v) is 11.2. The highest BCUT2D eigenvalue weighted by Crippen LogP contribution is 2.26. The van der Waals surface area contributed by atoms with Gasteiger partial charge in [0.25, 0.3) is 0 Å². The first-order valence-corrected chi connectivity index (χ1v) is 16.4. The van der Waals surface area contributed by atoms with Gasteiger partial charge in [-0.3, -0.25) is 0 Å². The van der Waals surface area contributed by atoms with Crippen molar-refractivity contribution in [3.8, 4) is 0 Å². The second kappa shape index (κ2) is 18.2. The Hall–Kier alpha value is -2.13. The highest BCUT2D eigenvalue weighted by molar-refractivity contribution is 6.66. The second-order valence-electron chi connectivity index (χ2n) is 8.50. The molecule has 0 amide bonds. The Morgan fingerprint density at radius 3 is 1.89 bits per heavy atom. The first-order valence-electron chi connectivity index (χ1n) is 12.7. The molecule has 0 saturated heterocycles. The number of hydrogen-bond acceptors (Lipinski definition) is 8. The van der Waals surface area contributed by atoms with Crippen LogP contribution in [0.25, 0.3) is 6.08 Å². The van der Waals surface area contributed by atoms with Crippen molar-refractivity contribution < 1.29 is 26.6 Å². The zero-order valence-corrected chi connectivity index (χ0v) is 25.8. The molecule has 212 valence electrons. The van der Waals surface area contributed by atoms with Crippen LogP contribution in [0.2, 0.25) is 6.04 Å². The summed E-state index contributed by atoms with van der Waals surface area (Å²) in [5, 5.41) is 3.07. The summed E-state index contributed by atoms with van der Waals surface area (Å²) in [5.41, 5.74) is 9.82. The summed E-state index contributed by atoms with van der Waals surface area (Å²) >= 11 is 0. The summed E-state index contributed by atoms with van der Waals surface area (Å²) in [6.07, 6.45) is 5.79. The fraction of sp³-hybridized carbons (Fsp3) is 0.429. The molecule has 0 bridgehead atoms. The predicted octanol–water partition coefficient (Wildman–Crippen LogP) is 4.78.